The van der Waals surface area contributed by atoms with Crippen LogP contribution in [-0.2, 0) is 14.3 Å². The van der Waals surface area contributed by atoms with Crippen LogP contribution >= 0.6 is 22.6 Å². The highest BCUT2D eigenvalue weighted by Crippen LogP contribution is 2.29. The van der Waals surface area contributed by atoms with Gasteiger partial charge < -0.3 is 19.3 Å². The Morgan fingerprint density at radius 3 is 2.28 bits per heavy atom. The minimum atomic E-state index is -0.433. The summed E-state index contributed by atoms with van der Waals surface area (Å²) in [6.07, 6.45) is 3.86. The highest BCUT2D eigenvalue weighted by atomic mass is 127. The molecule has 0 aliphatic heterocycles. The first kappa shape index (κ1) is 26.4. The molecule has 0 saturated heterocycles. The number of allylic oxidation sites excluding steroid dienone is 1. The Bertz CT molecular complexity index is 763. The molecule has 7 nitrogen and oxygen atoms in total. The highest BCUT2D eigenvalue weighted by molar-refractivity contribution is 14.1. The van der Waals surface area contributed by atoms with Gasteiger partial charge in [-0.05, 0) is 85.4 Å². The van der Waals surface area contributed by atoms with Gasteiger partial charge in [-0.1, -0.05) is 6.58 Å². The molecule has 0 N–H and O–H groups in total. The molecule has 32 heavy (non-hydrogen) atoms. The second kappa shape index (κ2) is 13.0. The Balaban J connectivity index is 1.88. The molecule has 0 heterocycles. The molecule has 1 amide bonds. The van der Waals surface area contributed by atoms with Crippen molar-refractivity contribution in [2.24, 2.45) is 5.92 Å². The number of carbonyl (C=O) groups excluding carboxylic acids is 2. The molecular weight excluding hydrogens is 521 g/mol. The molecule has 0 radical (unpaired) electrons. The Kier molecular flexibility index (Phi) is 10.8. The number of ether oxygens (including phenoxy) is 2. The maximum absolute atomic E-state index is 12.0. The summed E-state index contributed by atoms with van der Waals surface area (Å²) in [5, 5.41) is 0. The lowest BCUT2D eigenvalue weighted by molar-refractivity contribution is -0.142. The fourth-order valence-electron chi connectivity index (χ4n) is 4.10. The summed E-state index contributed by atoms with van der Waals surface area (Å²) in [6.45, 7) is 7.57. The van der Waals surface area contributed by atoms with Crippen LogP contribution in [0.3, 0.4) is 0 Å². The van der Waals surface area contributed by atoms with Crippen LogP contribution in [-0.4, -0.2) is 75.3 Å². The largest absolute Gasteiger partial charge is 0.468 e. The Morgan fingerprint density at radius 2 is 1.72 bits per heavy atom. The van der Waals surface area contributed by atoms with Gasteiger partial charge in [0, 0.05) is 49.0 Å². The zero-order valence-electron chi connectivity index (χ0n) is 19.7. The molecule has 0 unspecified atom stereocenters. The van der Waals surface area contributed by atoms with Crippen LogP contribution in [0.25, 0.3) is 0 Å². The monoisotopic (exact) mass is 557 g/mol. The minimum absolute atomic E-state index is 0.234. The molecule has 1 saturated carbocycles. The van der Waals surface area contributed by atoms with Gasteiger partial charge in [0.2, 0.25) is 0 Å². The molecule has 1 aliphatic rings. The third-order valence-electron chi connectivity index (χ3n) is 5.99. The van der Waals surface area contributed by atoms with Crippen LogP contribution < -0.4 is 4.90 Å². The molecule has 0 bridgehead atoms. The number of amides is 1. The van der Waals surface area contributed by atoms with Crippen molar-refractivity contribution < 1.29 is 19.1 Å². The minimum Gasteiger partial charge on any atom is -0.468 e. The lowest BCUT2D eigenvalue weighted by atomic mass is 9.85. The van der Waals surface area contributed by atoms with Crippen LogP contribution in [0, 0.1) is 9.49 Å². The number of carbonyl (C=O) groups is 2. The number of halogens is 1. The second-order valence-corrected chi connectivity index (χ2v) is 9.82. The first-order chi connectivity index (χ1) is 15.2. The third-order valence-corrected chi connectivity index (χ3v) is 6.71. The highest BCUT2D eigenvalue weighted by Gasteiger charge is 2.28. The predicted octanol–water partition coefficient (Wildman–Crippen LogP) is 4.36. The van der Waals surface area contributed by atoms with Crippen molar-refractivity contribution in [3.63, 3.8) is 0 Å². The molecule has 1 aromatic carbocycles. The van der Waals surface area contributed by atoms with Gasteiger partial charge in [0.15, 0.2) is 0 Å². The van der Waals surface area contributed by atoms with E-state index in [1.807, 2.05) is 0 Å². The zero-order chi connectivity index (χ0) is 23.7. The van der Waals surface area contributed by atoms with Crippen molar-refractivity contribution in [1.82, 2.24) is 9.80 Å². The van der Waals surface area contributed by atoms with Crippen molar-refractivity contribution >= 4 is 40.3 Å². The van der Waals surface area contributed by atoms with Crippen molar-refractivity contribution in [1.29, 1.82) is 0 Å². The summed E-state index contributed by atoms with van der Waals surface area (Å²) in [7, 11) is 5.25. The van der Waals surface area contributed by atoms with Crippen LogP contribution in [0.15, 0.2) is 36.6 Å². The summed E-state index contributed by atoms with van der Waals surface area (Å²) >= 11 is 2.32. The van der Waals surface area contributed by atoms with Gasteiger partial charge in [-0.2, -0.15) is 0 Å². The Labute approximate surface area is 205 Å². The lowest BCUT2D eigenvalue weighted by Crippen LogP contribution is -2.46. The van der Waals surface area contributed by atoms with Gasteiger partial charge >= 0.3 is 12.1 Å². The molecular formula is C24H36IN3O4. The number of nitrogens with zero attached hydrogens (tertiary/aromatic N) is 3. The summed E-state index contributed by atoms with van der Waals surface area (Å²) in [5.74, 6) is 0.739. The van der Waals surface area contributed by atoms with Crippen LogP contribution in [0.2, 0.25) is 0 Å². The number of hydrogen-bond acceptors (Lipinski definition) is 6. The van der Waals surface area contributed by atoms with Gasteiger partial charge in [-0.15, -0.1) is 0 Å². The van der Waals surface area contributed by atoms with E-state index in [-0.39, 0.29) is 12.5 Å². The molecule has 0 aromatic heterocycles. The summed E-state index contributed by atoms with van der Waals surface area (Å²) in [5.41, 5.74) is 1.24. The first-order valence-electron chi connectivity index (χ1n) is 11.1. The topological polar surface area (TPSA) is 62.3 Å². The van der Waals surface area contributed by atoms with Crippen molar-refractivity contribution in [2.75, 3.05) is 52.3 Å². The molecule has 8 heteroatoms. The zero-order valence-corrected chi connectivity index (χ0v) is 21.8. The van der Waals surface area contributed by atoms with Gasteiger partial charge in [0.05, 0.1) is 19.4 Å². The van der Waals surface area contributed by atoms with E-state index < -0.39 is 6.09 Å². The number of hydrogen-bond donors (Lipinski definition) is 0. The number of benzene rings is 1. The molecule has 0 spiro atoms. The molecule has 0 atom stereocenters. The van der Waals surface area contributed by atoms with Crippen molar-refractivity contribution in [3.05, 3.63) is 40.2 Å². The lowest BCUT2D eigenvalue weighted by Gasteiger charge is -2.38. The fraction of sp³-hybridized carbons (Fsp3) is 0.583. The third kappa shape index (κ3) is 8.61. The van der Waals surface area contributed by atoms with Crippen LogP contribution in [0.1, 0.15) is 32.6 Å². The van der Waals surface area contributed by atoms with E-state index >= 15 is 0 Å². The van der Waals surface area contributed by atoms with E-state index in [2.05, 4.69) is 70.3 Å². The van der Waals surface area contributed by atoms with Gasteiger partial charge in [0.25, 0.3) is 0 Å². The number of methoxy groups -OCH3 is 1. The van der Waals surface area contributed by atoms with E-state index in [1.165, 1.54) is 21.3 Å². The maximum atomic E-state index is 12.0. The molecule has 1 aliphatic carbocycles. The predicted molar refractivity (Wildman–Crippen MR) is 136 cm³/mol. The van der Waals surface area contributed by atoms with Gasteiger partial charge in [0.1, 0.15) is 0 Å². The molecule has 2 rings (SSSR count). The van der Waals surface area contributed by atoms with E-state index in [0.29, 0.717) is 30.8 Å². The smallest absolute Gasteiger partial charge is 0.414 e. The quantitative estimate of drug-likeness (QED) is 0.242. The maximum Gasteiger partial charge on any atom is 0.414 e. The van der Waals surface area contributed by atoms with Crippen molar-refractivity contribution in [2.45, 2.75) is 38.6 Å². The Hall–Kier alpha value is -1.81. The average molecular weight is 557 g/mol. The summed E-state index contributed by atoms with van der Waals surface area (Å²) in [4.78, 5) is 30.0. The molecule has 1 fully saturated rings. The van der Waals surface area contributed by atoms with Crippen molar-refractivity contribution in [3.8, 4) is 0 Å². The fourth-order valence-corrected chi connectivity index (χ4v) is 4.46. The second-order valence-electron chi connectivity index (χ2n) is 8.57. The van der Waals surface area contributed by atoms with Gasteiger partial charge in [-0.3, -0.25) is 9.69 Å². The normalized spacial score (nSPS) is 18.2. The van der Waals surface area contributed by atoms with E-state index in [9.17, 15) is 9.59 Å². The van der Waals surface area contributed by atoms with E-state index in [1.54, 1.807) is 14.0 Å². The summed E-state index contributed by atoms with van der Waals surface area (Å²) < 4.78 is 11.2. The van der Waals surface area contributed by atoms with Crippen LogP contribution in [0.4, 0.5) is 10.5 Å². The van der Waals surface area contributed by atoms with Gasteiger partial charge in [-0.25, -0.2) is 4.79 Å². The number of esters is 1. The van der Waals surface area contributed by atoms with E-state index in [0.717, 1.165) is 32.2 Å². The van der Waals surface area contributed by atoms with Crippen LogP contribution in [0.5, 0.6) is 0 Å². The molecule has 178 valence electrons. The number of anilines is 1. The summed E-state index contributed by atoms with van der Waals surface area (Å²) in [6, 6.07) is 8.91. The number of likely N-dealkylation sites (N-methyl/N-ethyl adjacent to an activating group) is 1. The average Bonchev–Trinajstić information content (AvgIpc) is 2.76. The first-order valence-corrected chi connectivity index (χ1v) is 12.1. The molecule has 1 aromatic rings. The standard InChI is InChI=1S/C24H36IN3O4/c1-18(2)32-24(30)26(3)14-15-28(17-23(29)31-5)22-10-6-19(7-11-22)16-27(4)21-12-8-20(25)9-13-21/h8-9,12-13,19,22H,1,6-7,10-11,14-17H2,2-5H3/t19-,22-. The Morgan fingerprint density at radius 1 is 1.09 bits per heavy atom. The number of rotatable bonds is 10. The SMILES string of the molecule is C=C(C)OC(=O)N(C)CCN(CC(=O)OC)[C@H]1CC[C@H](CN(C)c2ccc(I)cc2)CC1. The van der Waals surface area contributed by atoms with E-state index in [4.69, 9.17) is 9.47 Å².